The minimum Gasteiger partial charge on any atom is -0.463 e. The number of ether oxygens (including phenoxy) is 5. The van der Waals surface area contributed by atoms with Gasteiger partial charge in [-0.1, -0.05) is 58.4 Å². The molecule has 6 rings (SSSR count). The standard InChI is InChI=1S/C44H72O13/c1-22(2)11-10-12-23(3)25-13-17-44(9)32(25)26(47)19-30-42(7)16-15-31(41(5,6)29(42)14-18-43(30,44)8)56-40-38(36(51)33(48)27(20-45)54-40)57-39-37(52)35(50)34(49)28(55-39)21-53-24(4)46/h11,25-40,45,47-52H,3,10,12-21H2,1-2,4-9H3/t25-,26-,27-,28-,29+,30-,31+,32+,33-,34-,35+,36+,37-,38-,39+,40+,42+,43-,44-/m1/s1. The van der Waals surface area contributed by atoms with Crippen LogP contribution < -0.4 is 0 Å². The Morgan fingerprint density at radius 1 is 0.772 bits per heavy atom. The van der Waals surface area contributed by atoms with E-state index in [1.807, 2.05) is 0 Å². The third-order valence-electron chi connectivity index (χ3n) is 16.4. The summed E-state index contributed by atoms with van der Waals surface area (Å²) in [4.78, 5) is 11.5. The van der Waals surface area contributed by atoms with Crippen LogP contribution >= 0.6 is 0 Å². The van der Waals surface area contributed by atoms with E-state index in [-0.39, 0.29) is 34.0 Å². The van der Waals surface area contributed by atoms with Gasteiger partial charge in [-0.2, -0.15) is 0 Å². The van der Waals surface area contributed by atoms with E-state index in [1.165, 1.54) is 18.1 Å². The largest absolute Gasteiger partial charge is 0.463 e. The fourth-order valence-electron chi connectivity index (χ4n) is 13.2. The van der Waals surface area contributed by atoms with Gasteiger partial charge >= 0.3 is 5.97 Å². The van der Waals surface area contributed by atoms with Crippen molar-refractivity contribution in [2.45, 2.75) is 187 Å². The molecular weight excluding hydrogens is 736 g/mol. The average Bonchev–Trinajstić information content (AvgIpc) is 3.52. The van der Waals surface area contributed by atoms with Gasteiger partial charge in [-0.3, -0.25) is 4.79 Å². The predicted molar refractivity (Wildman–Crippen MR) is 209 cm³/mol. The number of aliphatic hydroxyl groups excluding tert-OH is 7. The Bertz CT molecular complexity index is 1480. The first-order valence-electron chi connectivity index (χ1n) is 21.4. The molecule has 0 radical (unpaired) electrons. The van der Waals surface area contributed by atoms with Gasteiger partial charge in [-0.15, -0.1) is 0 Å². The maximum absolute atomic E-state index is 12.2. The molecule has 0 aromatic rings. The van der Waals surface area contributed by atoms with Crippen molar-refractivity contribution in [2.24, 2.45) is 45.3 Å². The second kappa shape index (κ2) is 16.8. The molecule has 0 spiro atoms. The minimum absolute atomic E-state index is 0.0210. The Balaban J connectivity index is 1.21. The summed E-state index contributed by atoms with van der Waals surface area (Å²) in [6.07, 6.45) is -5.52. The molecule has 0 unspecified atom stereocenters. The van der Waals surface area contributed by atoms with E-state index >= 15 is 0 Å². The number of esters is 1. The van der Waals surface area contributed by atoms with Crippen LogP contribution in [0.4, 0.5) is 0 Å². The molecule has 2 aliphatic heterocycles. The lowest BCUT2D eigenvalue weighted by Crippen LogP contribution is -2.67. The maximum atomic E-state index is 12.2. The molecule has 6 aliphatic rings. The molecular formula is C44H72O13. The van der Waals surface area contributed by atoms with E-state index in [0.29, 0.717) is 12.3 Å². The van der Waals surface area contributed by atoms with Crippen LogP contribution in [-0.4, -0.2) is 129 Å². The van der Waals surface area contributed by atoms with Crippen LogP contribution in [0.2, 0.25) is 0 Å². The molecule has 6 fully saturated rings. The molecule has 0 amide bonds. The summed E-state index contributed by atoms with van der Waals surface area (Å²) >= 11 is 0. The van der Waals surface area contributed by atoms with Gasteiger partial charge in [0.2, 0.25) is 0 Å². The first-order valence-corrected chi connectivity index (χ1v) is 21.4. The van der Waals surface area contributed by atoms with E-state index in [4.69, 9.17) is 23.7 Å². The summed E-state index contributed by atoms with van der Waals surface area (Å²) in [6, 6.07) is 0. The molecule has 7 N–H and O–H groups in total. The van der Waals surface area contributed by atoms with E-state index < -0.39 is 98.2 Å². The first-order chi connectivity index (χ1) is 26.6. The van der Waals surface area contributed by atoms with E-state index in [9.17, 15) is 40.5 Å². The number of rotatable bonds is 11. The van der Waals surface area contributed by atoms with Gasteiger partial charge in [0.25, 0.3) is 0 Å². The van der Waals surface area contributed by atoms with Crippen molar-refractivity contribution in [2.75, 3.05) is 13.2 Å². The number of allylic oxidation sites excluding steroid dienone is 3. The summed E-state index contributed by atoms with van der Waals surface area (Å²) in [7, 11) is 0. The Morgan fingerprint density at radius 3 is 2.07 bits per heavy atom. The molecule has 13 heteroatoms. The molecule has 2 heterocycles. The monoisotopic (exact) mass is 808 g/mol. The van der Waals surface area contributed by atoms with E-state index in [2.05, 4.69) is 61.1 Å². The zero-order valence-corrected chi connectivity index (χ0v) is 35.4. The maximum Gasteiger partial charge on any atom is 0.302 e. The molecule has 4 aliphatic carbocycles. The average molecular weight is 809 g/mol. The minimum atomic E-state index is -1.78. The van der Waals surface area contributed by atoms with Crippen molar-refractivity contribution >= 4 is 5.97 Å². The predicted octanol–water partition coefficient (Wildman–Crippen LogP) is 3.53. The molecule has 0 aromatic heterocycles. The fourth-order valence-corrected chi connectivity index (χ4v) is 13.2. The summed E-state index contributed by atoms with van der Waals surface area (Å²) in [5.74, 6) is 0.343. The van der Waals surface area contributed by atoms with Crippen molar-refractivity contribution in [3.05, 3.63) is 23.8 Å². The first kappa shape index (κ1) is 45.0. The fraction of sp³-hybridized carbons (Fsp3) is 0.886. The number of hydrogen-bond donors (Lipinski definition) is 7. The molecule has 4 saturated carbocycles. The van der Waals surface area contributed by atoms with Crippen molar-refractivity contribution < 1.29 is 64.2 Å². The van der Waals surface area contributed by atoms with Gasteiger partial charge in [-0.05, 0) is 117 Å². The van der Waals surface area contributed by atoms with Crippen molar-refractivity contribution in [3.63, 3.8) is 0 Å². The third kappa shape index (κ3) is 7.83. The number of aliphatic hydroxyl groups is 7. The molecule has 0 bridgehead atoms. The normalized spacial score (nSPS) is 49.2. The topological polar surface area (TPSA) is 205 Å². The van der Waals surface area contributed by atoms with Gasteiger partial charge < -0.3 is 59.4 Å². The van der Waals surface area contributed by atoms with Crippen LogP contribution in [0.3, 0.4) is 0 Å². The molecule has 0 aromatic carbocycles. The summed E-state index contributed by atoms with van der Waals surface area (Å²) < 4.78 is 29.7. The highest BCUT2D eigenvalue weighted by atomic mass is 16.8. The van der Waals surface area contributed by atoms with Gasteiger partial charge in [0.05, 0.1) is 18.8 Å². The van der Waals surface area contributed by atoms with Crippen LogP contribution in [0.5, 0.6) is 0 Å². The zero-order valence-electron chi connectivity index (χ0n) is 35.4. The highest BCUT2D eigenvalue weighted by Gasteiger charge is 2.70. The summed E-state index contributed by atoms with van der Waals surface area (Å²) in [5, 5.41) is 76.6. The van der Waals surface area contributed by atoms with Crippen LogP contribution in [0.15, 0.2) is 23.8 Å². The molecule has 2 saturated heterocycles. The number of hydrogen-bond acceptors (Lipinski definition) is 13. The van der Waals surface area contributed by atoms with Crippen LogP contribution in [0, 0.1) is 45.3 Å². The summed E-state index contributed by atoms with van der Waals surface area (Å²) in [5.41, 5.74) is 2.04. The lowest BCUT2D eigenvalue weighted by Gasteiger charge is -2.70. The van der Waals surface area contributed by atoms with Gasteiger partial charge in [0.1, 0.15) is 55.4 Å². The van der Waals surface area contributed by atoms with Gasteiger partial charge in [0.15, 0.2) is 12.6 Å². The Morgan fingerprint density at radius 2 is 1.42 bits per heavy atom. The molecule has 19 atom stereocenters. The highest BCUT2D eigenvalue weighted by molar-refractivity contribution is 5.65. The van der Waals surface area contributed by atoms with E-state index in [0.717, 1.165) is 51.4 Å². The van der Waals surface area contributed by atoms with E-state index in [1.54, 1.807) is 0 Å². The quantitative estimate of drug-likeness (QED) is 0.0909. The van der Waals surface area contributed by atoms with Crippen LogP contribution in [0.1, 0.15) is 113 Å². The van der Waals surface area contributed by atoms with Crippen LogP contribution in [0.25, 0.3) is 0 Å². The smallest absolute Gasteiger partial charge is 0.302 e. The second-order valence-corrected chi connectivity index (χ2v) is 20.0. The Kier molecular flexibility index (Phi) is 13.2. The number of carbonyl (C=O) groups is 1. The number of fused-ring (bicyclic) bond motifs is 5. The molecule has 13 nitrogen and oxygen atoms in total. The molecule has 57 heavy (non-hydrogen) atoms. The zero-order chi connectivity index (χ0) is 42.0. The Hall–Kier alpha value is -1.49. The van der Waals surface area contributed by atoms with Crippen LogP contribution in [-0.2, 0) is 28.5 Å². The lowest BCUT2D eigenvalue weighted by atomic mass is 9.35. The van der Waals surface area contributed by atoms with Gasteiger partial charge in [0, 0.05) is 6.92 Å². The van der Waals surface area contributed by atoms with Crippen molar-refractivity contribution in [3.8, 4) is 0 Å². The summed E-state index contributed by atoms with van der Waals surface area (Å²) in [6.45, 7) is 20.7. The van der Waals surface area contributed by atoms with Gasteiger partial charge in [-0.25, -0.2) is 0 Å². The molecule has 326 valence electrons. The van der Waals surface area contributed by atoms with Crippen molar-refractivity contribution in [1.29, 1.82) is 0 Å². The third-order valence-corrected chi connectivity index (χ3v) is 16.4. The lowest BCUT2D eigenvalue weighted by molar-refractivity contribution is -0.378. The SMILES string of the molecule is C=C(CCC=C(C)C)[C@H]1CC[C@]2(C)[C@@H]1[C@H](O)C[C@@H]1[C@@]3(C)CC[C@H](O[C@@H]4O[C@H](CO)[C@@H](O)[C@H](O)[C@H]4O[C@@H]4O[C@H](COC(C)=O)[C@@H](O)[C@H](O)[C@H]4O)C(C)(C)[C@@H]3CC[C@]12C. The Labute approximate surface area is 338 Å². The highest BCUT2D eigenvalue weighted by Crippen LogP contribution is 2.75. The second-order valence-electron chi connectivity index (χ2n) is 20.0. The van der Waals surface area contributed by atoms with Crippen molar-refractivity contribution in [1.82, 2.24) is 0 Å². The number of carbonyl (C=O) groups excluding carboxylic acids is 1.